The second-order valence-electron chi connectivity index (χ2n) is 7.80. The molecule has 2 aromatic heterocycles. The average molecular weight is 381 g/mol. The van der Waals surface area contributed by atoms with Gasteiger partial charge in [0, 0.05) is 44.5 Å². The standard InChI is InChI=1S/C21H24N4OS/c1-15-9-19(18(11-22)12-23-15)24-6-4-21(5-7-24)10-20(21)25(16(2)26)13-17-3-8-27-14-17/h3,8-9,12,14,20H,4-7,10,13H2,1-2H3. The number of nitriles is 1. The molecule has 5 nitrogen and oxygen atoms in total. The molecule has 27 heavy (non-hydrogen) atoms. The summed E-state index contributed by atoms with van der Waals surface area (Å²) < 4.78 is 0. The molecule has 140 valence electrons. The van der Waals surface area contributed by atoms with Crippen LogP contribution in [-0.2, 0) is 11.3 Å². The van der Waals surface area contributed by atoms with Gasteiger partial charge in [0.15, 0.2) is 0 Å². The molecule has 1 aliphatic carbocycles. The number of thiophene rings is 1. The molecule has 2 aromatic rings. The van der Waals surface area contributed by atoms with Crippen LogP contribution in [0, 0.1) is 23.7 Å². The van der Waals surface area contributed by atoms with Crippen LogP contribution in [0.3, 0.4) is 0 Å². The van der Waals surface area contributed by atoms with E-state index in [0.29, 0.717) is 11.6 Å². The fourth-order valence-electron chi connectivity index (χ4n) is 4.41. The topological polar surface area (TPSA) is 60.2 Å². The molecule has 1 saturated carbocycles. The smallest absolute Gasteiger partial charge is 0.220 e. The van der Waals surface area contributed by atoms with E-state index < -0.39 is 0 Å². The Bertz CT molecular complexity index is 878. The lowest BCUT2D eigenvalue weighted by molar-refractivity contribution is -0.130. The van der Waals surface area contributed by atoms with Crippen LogP contribution in [0.5, 0.6) is 0 Å². The van der Waals surface area contributed by atoms with Crippen molar-refractivity contribution in [3.05, 3.63) is 45.9 Å². The average Bonchev–Trinajstić information content (AvgIpc) is 3.09. The van der Waals surface area contributed by atoms with Gasteiger partial charge in [0.25, 0.3) is 0 Å². The van der Waals surface area contributed by atoms with Crippen LogP contribution in [0.2, 0.25) is 0 Å². The highest BCUT2D eigenvalue weighted by atomic mass is 32.1. The van der Waals surface area contributed by atoms with Crippen molar-refractivity contribution in [2.75, 3.05) is 18.0 Å². The van der Waals surface area contributed by atoms with Gasteiger partial charge in [0.2, 0.25) is 5.91 Å². The van der Waals surface area contributed by atoms with Gasteiger partial charge in [-0.1, -0.05) is 0 Å². The highest BCUT2D eigenvalue weighted by molar-refractivity contribution is 7.07. The number of pyridine rings is 1. The number of aryl methyl sites for hydroxylation is 1. The molecule has 0 aromatic carbocycles. The van der Waals surface area contributed by atoms with Crippen molar-refractivity contribution in [1.82, 2.24) is 9.88 Å². The minimum atomic E-state index is 0.169. The Kier molecular flexibility index (Phi) is 4.65. The number of piperidine rings is 1. The summed E-state index contributed by atoms with van der Waals surface area (Å²) in [6, 6.07) is 6.74. The molecule has 1 spiro atoms. The second kappa shape index (κ2) is 6.97. The zero-order valence-corrected chi connectivity index (χ0v) is 16.6. The maximum atomic E-state index is 12.3. The lowest BCUT2D eigenvalue weighted by atomic mass is 9.91. The van der Waals surface area contributed by atoms with Crippen molar-refractivity contribution in [3.8, 4) is 6.07 Å². The van der Waals surface area contributed by atoms with Crippen LogP contribution in [-0.4, -0.2) is 34.9 Å². The molecular formula is C21H24N4OS. The van der Waals surface area contributed by atoms with Crippen molar-refractivity contribution < 1.29 is 4.79 Å². The Balaban J connectivity index is 1.44. The first kappa shape index (κ1) is 18.0. The van der Waals surface area contributed by atoms with Gasteiger partial charge in [0.1, 0.15) is 6.07 Å². The first-order valence-corrected chi connectivity index (χ1v) is 10.4. The van der Waals surface area contributed by atoms with Crippen LogP contribution in [0.25, 0.3) is 0 Å². The maximum Gasteiger partial charge on any atom is 0.220 e. The minimum Gasteiger partial charge on any atom is -0.370 e. The molecule has 1 atom stereocenters. The quantitative estimate of drug-likeness (QED) is 0.811. The van der Waals surface area contributed by atoms with E-state index in [1.165, 1.54) is 5.56 Å². The summed E-state index contributed by atoms with van der Waals surface area (Å²) in [4.78, 5) is 20.9. The lowest BCUT2D eigenvalue weighted by Crippen LogP contribution is -2.40. The molecule has 0 radical (unpaired) electrons. The monoisotopic (exact) mass is 380 g/mol. The molecule has 2 aliphatic rings. The molecule has 2 fully saturated rings. The molecule has 1 aliphatic heterocycles. The highest BCUT2D eigenvalue weighted by Gasteiger charge is 2.58. The van der Waals surface area contributed by atoms with Gasteiger partial charge in [-0.05, 0) is 60.1 Å². The number of carbonyl (C=O) groups excluding carboxylic acids is 1. The third-order valence-electron chi connectivity index (χ3n) is 6.10. The maximum absolute atomic E-state index is 12.3. The molecule has 3 heterocycles. The Morgan fingerprint density at radius 1 is 1.48 bits per heavy atom. The van der Waals surface area contributed by atoms with E-state index in [9.17, 15) is 10.1 Å². The largest absolute Gasteiger partial charge is 0.370 e. The van der Waals surface area contributed by atoms with Gasteiger partial charge in [-0.15, -0.1) is 0 Å². The Morgan fingerprint density at radius 3 is 2.89 bits per heavy atom. The summed E-state index contributed by atoms with van der Waals surface area (Å²) in [6.45, 7) is 6.23. The normalized spacial score (nSPS) is 20.3. The van der Waals surface area contributed by atoms with Crippen molar-refractivity contribution in [2.45, 2.75) is 45.7 Å². The summed E-state index contributed by atoms with van der Waals surface area (Å²) in [5.74, 6) is 0.169. The van der Waals surface area contributed by atoms with Gasteiger partial charge >= 0.3 is 0 Å². The fraction of sp³-hybridized carbons (Fsp3) is 0.476. The van der Waals surface area contributed by atoms with Crippen molar-refractivity contribution in [2.24, 2.45) is 5.41 Å². The van der Waals surface area contributed by atoms with E-state index in [4.69, 9.17) is 0 Å². The van der Waals surface area contributed by atoms with E-state index in [0.717, 1.165) is 50.3 Å². The first-order valence-electron chi connectivity index (χ1n) is 9.42. The SMILES string of the molecule is CC(=O)N(Cc1ccsc1)C1CC12CCN(c1cc(C)ncc1C#N)CC2. The van der Waals surface area contributed by atoms with Gasteiger partial charge in [-0.25, -0.2) is 0 Å². The molecule has 6 heteroatoms. The Morgan fingerprint density at radius 2 is 2.26 bits per heavy atom. The number of hydrogen-bond donors (Lipinski definition) is 0. The Labute approximate surface area is 164 Å². The molecule has 0 bridgehead atoms. The molecule has 1 unspecified atom stereocenters. The molecular weight excluding hydrogens is 356 g/mol. The van der Waals surface area contributed by atoms with E-state index in [-0.39, 0.29) is 11.3 Å². The predicted octanol–water partition coefficient (Wildman–Crippen LogP) is 3.73. The number of amides is 1. The van der Waals surface area contributed by atoms with E-state index in [1.807, 2.05) is 13.0 Å². The second-order valence-corrected chi connectivity index (χ2v) is 8.58. The highest BCUT2D eigenvalue weighted by Crippen LogP contribution is 2.57. The summed E-state index contributed by atoms with van der Waals surface area (Å²) in [5.41, 5.74) is 4.06. The van der Waals surface area contributed by atoms with Gasteiger partial charge in [-0.3, -0.25) is 9.78 Å². The first-order chi connectivity index (χ1) is 13.0. The number of aromatic nitrogens is 1. The van der Waals surface area contributed by atoms with E-state index in [1.54, 1.807) is 24.5 Å². The van der Waals surface area contributed by atoms with Crippen LogP contribution < -0.4 is 4.90 Å². The zero-order chi connectivity index (χ0) is 19.0. The van der Waals surface area contributed by atoms with Crippen molar-refractivity contribution >= 4 is 22.9 Å². The molecule has 4 rings (SSSR count). The summed E-state index contributed by atoms with van der Waals surface area (Å²) in [5, 5.41) is 13.6. The molecule has 1 saturated heterocycles. The van der Waals surface area contributed by atoms with E-state index in [2.05, 4.69) is 37.7 Å². The molecule has 0 N–H and O–H groups in total. The minimum absolute atomic E-state index is 0.169. The summed E-state index contributed by atoms with van der Waals surface area (Å²) in [7, 11) is 0. The predicted molar refractivity (Wildman–Crippen MR) is 107 cm³/mol. The Hall–Kier alpha value is -2.39. The third-order valence-corrected chi connectivity index (χ3v) is 6.83. The van der Waals surface area contributed by atoms with Crippen molar-refractivity contribution in [1.29, 1.82) is 5.26 Å². The number of hydrogen-bond acceptors (Lipinski definition) is 5. The van der Waals surface area contributed by atoms with Crippen LogP contribution in [0.15, 0.2) is 29.1 Å². The van der Waals surface area contributed by atoms with Crippen LogP contribution in [0.4, 0.5) is 5.69 Å². The van der Waals surface area contributed by atoms with Crippen molar-refractivity contribution in [3.63, 3.8) is 0 Å². The van der Waals surface area contributed by atoms with Crippen LogP contribution >= 0.6 is 11.3 Å². The van der Waals surface area contributed by atoms with E-state index >= 15 is 0 Å². The number of anilines is 1. The molecule has 1 amide bonds. The fourth-order valence-corrected chi connectivity index (χ4v) is 5.07. The lowest BCUT2D eigenvalue weighted by Gasteiger charge is -2.36. The van der Waals surface area contributed by atoms with Crippen LogP contribution in [0.1, 0.15) is 43.0 Å². The number of carbonyl (C=O) groups is 1. The van der Waals surface area contributed by atoms with Gasteiger partial charge < -0.3 is 9.80 Å². The summed E-state index contributed by atoms with van der Waals surface area (Å²) >= 11 is 1.68. The third kappa shape index (κ3) is 3.44. The zero-order valence-electron chi connectivity index (χ0n) is 15.8. The number of nitrogens with zero attached hydrogens (tertiary/aromatic N) is 4. The number of rotatable bonds is 4. The van der Waals surface area contributed by atoms with Gasteiger partial charge in [0.05, 0.1) is 11.3 Å². The van der Waals surface area contributed by atoms with Gasteiger partial charge in [-0.2, -0.15) is 16.6 Å². The summed E-state index contributed by atoms with van der Waals surface area (Å²) in [6.07, 6.45) is 4.91.